The van der Waals surface area contributed by atoms with Gasteiger partial charge in [-0.15, -0.1) is 0 Å². The first-order valence-corrected chi connectivity index (χ1v) is 8.01. The molecule has 0 aromatic heterocycles. The van der Waals surface area contributed by atoms with Crippen molar-refractivity contribution in [3.63, 3.8) is 0 Å². The smallest absolute Gasteiger partial charge is 0.400 e. The van der Waals surface area contributed by atoms with Gasteiger partial charge in [0.2, 0.25) is 0 Å². The van der Waals surface area contributed by atoms with Crippen molar-refractivity contribution in [1.29, 1.82) is 0 Å². The number of likely N-dealkylation sites (N-methyl/N-ethyl adjacent to an activating group) is 1. The van der Waals surface area contributed by atoms with Crippen molar-refractivity contribution in [2.45, 2.75) is 45.8 Å². The van der Waals surface area contributed by atoms with Gasteiger partial charge in [-0.05, 0) is 70.4 Å². The zero-order chi connectivity index (χ0) is 16.5. The van der Waals surface area contributed by atoms with Gasteiger partial charge in [0.25, 0.3) is 0 Å². The van der Waals surface area contributed by atoms with Crippen molar-refractivity contribution < 1.29 is 9.31 Å². The van der Waals surface area contributed by atoms with Crippen LogP contribution in [0, 0.1) is 6.92 Å². The summed E-state index contributed by atoms with van der Waals surface area (Å²) in [5.74, 6) is 0. The van der Waals surface area contributed by atoms with Crippen molar-refractivity contribution in [1.82, 2.24) is 5.32 Å². The summed E-state index contributed by atoms with van der Waals surface area (Å²) in [6.45, 7) is 11.0. The number of aryl methyl sites for hydroxylation is 1. The fraction of sp³-hybridized carbons (Fsp3) is 0.529. The van der Waals surface area contributed by atoms with Gasteiger partial charge in [0.1, 0.15) is 0 Å². The number of hydrogen-bond acceptors (Lipinski definition) is 3. The summed E-state index contributed by atoms with van der Waals surface area (Å²) < 4.78 is 12.3. The Kier molecular flexibility index (Phi) is 5.08. The molecule has 5 heteroatoms. The predicted octanol–water partition coefficient (Wildman–Crippen LogP) is 3.88. The summed E-state index contributed by atoms with van der Waals surface area (Å²) in [7, 11) is 1.58. The average molecular weight is 322 g/mol. The van der Waals surface area contributed by atoms with Gasteiger partial charge in [0.05, 0.1) is 11.2 Å². The monoisotopic (exact) mass is 321 g/mol. The standard InChI is InChI=1S/C17H25BClNO2/c1-12-9-15(19)8-7-13(12)10-14(11-20-6)18-21-16(2,3)17(4,5)22-18/h7-10,20H,11H2,1-6H3. The molecule has 1 aromatic rings. The van der Waals surface area contributed by atoms with Gasteiger partial charge in [-0.1, -0.05) is 23.7 Å². The minimum absolute atomic E-state index is 0.334. The van der Waals surface area contributed by atoms with Crippen LogP contribution < -0.4 is 5.32 Å². The van der Waals surface area contributed by atoms with E-state index in [0.717, 1.165) is 21.6 Å². The second-order valence-corrected chi connectivity index (χ2v) is 7.28. The molecule has 3 nitrogen and oxygen atoms in total. The van der Waals surface area contributed by atoms with Gasteiger partial charge >= 0.3 is 7.12 Å². The lowest BCUT2D eigenvalue weighted by Crippen LogP contribution is -2.41. The molecular formula is C17H25BClNO2. The summed E-state index contributed by atoms with van der Waals surface area (Å²) >= 11 is 6.03. The molecule has 1 heterocycles. The number of benzene rings is 1. The van der Waals surface area contributed by atoms with Crippen molar-refractivity contribution >= 4 is 24.8 Å². The van der Waals surface area contributed by atoms with Crippen LogP contribution in [-0.2, 0) is 9.31 Å². The Balaban J connectivity index is 2.33. The Morgan fingerprint density at radius 3 is 2.32 bits per heavy atom. The average Bonchev–Trinajstić information content (AvgIpc) is 2.61. The maximum absolute atomic E-state index is 6.16. The zero-order valence-electron chi connectivity index (χ0n) is 14.3. The molecule has 1 N–H and O–H groups in total. The van der Waals surface area contributed by atoms with E-state index in [-0.39, 0.29) is 18.3 Å². The highest BCUT2D eigenvalue weighted by atomic mass is 35.5. The Morgan fingerprint density at radius 1 is 1.23 bits per heavy atom. The molecule has 1 saturated heterocycles. The fourth-order valence-corrected chi connectivity index (χ4v) is 2.63. The van der Waals surface area contributed by atoms with E-state index >= 15 is 0 Å². The van der Waals surface area contributed by atoms with Gasteiger partial charge in [0, 0.05) is 11.6 Å². The molecule has 1 aromatic carbocycles. The van der Waals surface area contributed by atoms with E-state index in [2.05, 4.69) is 46.0 Å². The summed E-state index contributed by atoms with van der Waals surface area (Å²) in [5.41, 5.74) is 2.67. The largest absolute Gasteiger partial charge is 0.491 e. The molecule has 0 amide bonds. The molecule has 2 rings (SSSR count). The highest BCUT2D eigenvalue weighted by molar-refractivity contribution is 6.56. The maximum Gasteiger partial charge on any atom is 0.491 e. The molecule has 0 saturated carbocycles. The van der Waals surface area contributed by atoms with Crippen molar-refractivity contribution in [3.05, 3.63) is 39.8 Å². The first-order chi connectivity index (χ1) is 10.2. The third-order valence-electron chi connectivity index (χ3n) is 4.51. The molecule has 1 fully saturated rings. The normalized spacial score (nSPS) is 20.5. The molecule has 0 aliphatic carbocycles. The maximum atomic E-state index is 6.16. The highest BCUT2D eigenvalue weighted by Gasteiger charge is 2.52. The van der Waals surface area contributed by atoms with Crippen LogP contribution in [0.5, 0.6) is 0 Å². The minimum Gasteiger partial charge on any atom is -0.400 e. The second-order valence-electron chi connectivity index (χ2n) is 6.84. The molecule has 120 valence electrons. The van der Waals surface area contributed by atoms with Crippen molar-refractivity contribution in [2.75, 3.05) is 13.6 Å². The van der Waals surface area contributed by atoms with Crippen molar-refractivity contribution in [2.24, 2.45) is 0 Å². The highest BCUT2D eigenvalue weighted by Crippen LogP contribution is 2.38. The van der Waals surface area contributed by atoms with E-state index in [1.54, 1.807) is 0 Å². The molecule has 1 aliphatic heterocycles. The number of nitrogens with one attached hydrogen (secondary N) is 1. The lowest BCUT2D eigenvalue weighted by Gasteiger charge is -2.32. The van der Waals surface area contributed by atoms with Gasteiger partial charge in [-0.25, -0.2) is 0 Å². The summed E-state index contributed by atoms with van der Waals surface area (Å²) in [6, 6.07) is 5.90. The zero-order valence-corrected chi connectivity index (χ0v) is 15.0. The van der Waals surface area contributed by atoms with Crippen LogP contribution in [0.3, 0.4) is 0 Å². The quantitative estimate of drug-likeness (QED) is 0.854. The van der Waals surface area contributed by atoms with E-state index < -0.39 is 0 Å². The minimum atomic E-state index is -0.340. The van der Waals surface area contributed by atoms with Crippen LogP contribution in [0.15, 0.2) is 23.7 Å². The molecule has 0 unspecified atom stereocenters. The van der Waals surface area contributed by atoms with Crippen LogP contribution in [0.25, 0.3) is 6.08 Å². The Hall–Kier alpha value is -0.805. The van der Waals surface area contributed by atoms with Crippen LogP contribution in [0.4, 0.5) is 0 Å². The summed E-state index contributed by atoms with van der Waals surface area (Å²) in [4.78, 5) is 0. The van der Waals surface area contributed by atoms with E-state index in [4.69, 9.17) is 20.9 Å². The Labute approximate surface area is 139 Å². The van der Waals surface area contributed by atoms with Gasteiger partial charge in [0.15, 0.2) is 0 Å². The topological polar surface area (TPSA) is 30.5 Å². The van der Waals surface area contributed by atoms with Crippen LogP contribution in [0.2, 0.25) is 5.02 Å². The van der Waals surface area contributed by atoms with Crippen molar-refractivity contribution in [3.8, 4) is 0 Å². The van der Waals surface area contributed by atoms with Gasteiger partial charge in [-0.3, -0.25) is 0 Å². The lowest BCUT2D eigenvalue weighted by atomic mass is 9.76. The summed E-state index contributed by atoms with van der Waals surface area (Å²) in [6.07, 6.45) is 2.13. The number of halogens is 1. The predicted molar refractivity (Wildman–Crippen MR) is 94.2 cm³/mol. The van der Waals surface area contributed by atoms with E-state index in [9.17, 15) is 0 Å². The van der Waals surface area contributed by atoms with Crippen LogP contribution in [-0.4, -0.2) is 31.9 Å². The Morgan fingerprint density at radius 2 is 1.82 bits per heavy atom. The molecule has 0 radical (unpaired) electrons. The molecular weight excluding hydrogens is 296 g/mol. The molecule has 0 spiro atoms. The second kappa shape index (κ2) is 6.36. The van der Waals surface area contributed by atoms with Gasteiger partial charge in [-0.2, -0.15) is 0 Å². The molecule has 22 heavy (non-hydrogen) atoms. The molecule has 0 bridgehead atoms. The molecule has 1 aliphatic rings. The number of rotatable bonds is 4. The third kappa shape index (κ3) is 3.57. The lowest BCUT2D eigenvalue weighted by molar-refractivity contribution is 0.00578. The first-order valence-electron chi connectivity index (χ1n) is 7.63. The SMILES string of the molecule is CNCC(=Cc1ccc(Cl)cc1C)B1OC(C)(C)C(C)(C)O1. The van der Waals surface area contributed by atoms with Gasteiger partial charge < -0.3 is 14.6 Å². The van der Waals surface area contributed by atoms with Crippen LogP contribution >= 0.6 is 11.6 Å². The first kappa shape index (κ1) is 17.5. The van der Waals surface area contributed by atoms with E-state index in [1.807, 2.05) is 25.2 Å². The Bertz CT molecular complexity index is 568. The van der Waals surface area contributed by atoms with E-state index in [0.29, 0.717) is 6.54 Å². The third-order valence-corrected chi connectivity index (χ3v) is 4.74. The summed E-state index contributed by atoms with van der Waals surface area (Å²) in [5, 5.41) is 3.95. The fourth-order valence-electron chi connectivity index (χ4n) is 2.40. The van der Waals surface area contributed by atoms with E-state index in [1.165, 1.54) is 0 Å². The van der Waals surface area contributed by atoms with Crippen LogP contribution in [0.1, 0.15) is 38.8 Å². The number of hydrogen-bond donors (Lipinski definition) is 1. The molecule has 0 atom stereocenters.